The first-order chi connectivity index (χ1) is 11.4. The molecule has 0 spiro atoms. The van der Waals surface area contributed by atoms with Gasteiger partial charge in [-0.3, -0.25) is 4.39 Å². The quantitative estimate of drug-likeness (QED) is 0.611. The third-order valence-electron chi connectivity index (χ3n) is 3.68. The number of alkyl halides is 1. The Hall–Kier alpha value is -1.44. The van der Waals surface area contributed by atoms with Gasteiger partial charge in [-0.1, -0.05) is 29.3 Å². The Morgan fingerprint density at radius 2 is 1.96 bits per heavy atom. The van der Waals surface area contributed by atoms with E-state index in [-0.39, 0.29) is 22.1 Å². The summed E-state index contributed by atoms with van der Waals surface area (Å²) in [5, 5.41) is 0.483. The lowest BCUT2D eigenvalue weighted by Gasteiger charge is -2.09. The van der Waals surface area contributed by atoms with Crippen LogP contribution in [-0.4, -0.2) is 24.0 Å². The van der Waals surface area contributed by atoms with Gasteiger partial charge in [-0.25, -0.2) is 17.4 Å². The topological polar surface area (TPSA) is 52.0 Å². The Labute approximate surface area is 152 Å². The zero-order valence-corrected chi connectivity index (χ0v) is 15.8. The van der Waals surface area contributed by atoms with Gasteiger partial charge in [0.25, 0.3) is 10.0 Å². The molecule has 0 unspecified atom stereocenters. The molecule has 0 N–H and O–H groups in total. The van der Waals surface area contributed by atoms with Crippen LogP contribution in [0.1, 0.15) is 11.1 Å². The van der Waals surface area contributed by atoms with Crippen LogP contribution in [0.3, 0.4) is 0 Å². The largest absolute Gasteiger partial charge is 0.270 e. The van der Waals surface area contributed by atoms with Crippen molar-refractivity contribution < 1.29 is 12.8 Å². The summed E-state index contributed by atoms with van der Waals surface area (Å²) in [5.74, 6) is 0. The Bertz CT molecular complexity index is 1020. The normalized spacial score (nSPS) is 12.0. The van der Waals surface area contributed by atoms with Crippen LogP contribution in [0.15, 0.2) is 45.9 Å². The highest BCUT2D eigenvalue weighted by Crippen LogP contribution is 2.34. The van der Waals surface area contributed by atoms with Crippen LogP contribution in [0.4, 0.5) is 4.39 Å². The molecule has 0 bridgehead atoms. The van der Waals surface area contributed by atoms with Crippen molar-refractivity contribution in [1.29, 1.82) is 0 Å². The van der Waals surface area contributed by atoms with Gasteiger partial charge >= 0.3 is 0 Å². The Balaban J connectivity index is 2.33. The van der Waals surface area contributed by atoms with Crippen LogP contribution >= 0.6 is 27.5 Å². The van der Waals surface area contributed by atoms with Gasteiger partial charge in [0.15, 0.2) is 5.65 Å². The van der Waals surface area contributed by atoms with E-state index < -0.39 is 16.7 Å². The van der Waals surface area contributed by atoms with Crippen LogP contribution in [0, 0.1) is 6.92 Å². The number of benzene rings is 1. The molecule has 0 saturated carbocycles. The molecule has 0 aliphatic rings. The zero-order chi connectivity index (χ0) is 17.5. The second-order valence-corrected chi connectivity index (χ2v) is 8.38. The molecule has 0 saturated heterocycles. The lowest BCUT2D eigenvalue weighted by Crippen LogP contribution is -2.13. The molecule has 2 heterocycles. The maximum atomic E-state index is 13.0. The van der Waals surface area contributed by atoms with E-state index in [2.05, 4.69) is 20.9 Å². The molecule has 4 nitrogen and oxygen atoms in total. The van der Waals surface area contributed by atoms with Crippen molar-refractivity contribution in [2.24, 2.45) is 0 Å². The van der Waals surface area contributed by atoms with Crippen molar-refractivity contribution in [1.82, 2.24) is 8.96 Å². The molecule has 8 heteroatoms. The fraction of sp³-hybridized carbons (Fsp3) is 0.188. The summed E-state index contributed by atoms with van der Waals surface area (Å²) in [6.07, 6.45) is 1.50. The summed E-state index contributed by atoms with van der Waals surface area (Å²) in [5.41, 5.74) is 1.56. The standard InChI is InChI=1S/C16H13BrClFN2O2S/c1-10-2-4-12(5-3-10)24(22,23)21-15(18)13(6-7-19)14-8-11(17)9-20-16(14)21/h2-5,8-9H,6-7H2,1H3. The van der Waals surface area contributed by atoms with E-state index in [1.165, 1.54) is 18.3 Å². The van der Waals surface area contributed by atoms with Crippen molar-refractivity contribution in [3.05, 3.63) is 57.3 Å². The lowest BCUT2D eigenvalue weighted by atomic mass is 10.2. The predicted molar refractivity (Wildman–Crippen MR) is 95.9 cm³/mol. The summed E-state index contributed by atoms with van der Waals surface area (Å²) in [6.45, 7) is 1.22. The fourth-order valence-corrected chi connectivity index (χ4v) is 4.78. The van der Waals surface area contributed by atoms with E-state index in [1.807, 2.05) is 6.92 Å². The van der Waals surface area contributed by atoms with Gasteiger partial charge in [-0.2, -0.15) is 0 Å². The van der Waals surface area contributed by atoms with Gasteiger partial charge in [0.1, 0.15) is 5.15 Å². The van der Waals surface area contributed by atoms with E-state index in [4.69, 9.17) is 11.6 Å². The van der Waals surface area contributed by atoms with E-state index in [0.717, 1.165) is 9.54 Å². The van der Waals surface area contributed by atoms with Gasteiger partial charge in [0.05, 0.1) is 11.6 Å². The molecule has 0 aliphatic heterocycles. The smallest absolute Gasteiger partial charge is 0.251 e. The van der Waals surface area contributed by atoms with E-state index in [1.54, 1.807) is 18.2 Å². The van der Waals surface area contributed by atoms with Crippen LogP contribution in [0.2, 0.25) is 5.15 Å². The molecular formula is C16H13BrClFN2O2S. The summed E-state index contributed by atoms with van der Waals surface area (Å²) in [4.78, 5) is 4.28. The molecule has 3 rings (SSSR count). The summed E-state index contributed by atoms with van der Waals surface area (Å²) < 4.78 is 40.6. The second kappa shape index (κ2) is 6.46. The van der Waals surface area contributed by atoms with Gasteiger partial charge in [-0.05, 0) is 41.1 Å². The van der Waals surface area contributed by atoms with Gasteiger partial charge in [0.2, 0.25) is 0 Å². The number of pyridine rings is 1. The Kier molecular flexibility index (Phi) is 4.68. The molecule has 126 valence electrons. The lowest BCUT2D eigenvalue weighted by molar-refractivity contribution is 0.496. The van der Waals surface area contributed by atoms with Gasteiger partial charge in [-0.15, -0.1) is 0 Å². The second-order valence-electron chi connectivity index (χ2n) is 5.32. The van der Waals surface area contributed by atoms with Crippen molar-refractivity contribution in [3.8, 4) is 0 Å². The van der Waals surface area contributed by atoms with Crippen molar-refractivity contribution in [2.75, 3.05) is 6.67 Å². The molecule has 24 heavy (non-hydrogen) atoms. The Morgan fingerprint density at radius 3 is 2.58 bits per heavy atom. The average molecular weight is 432 g/mol. The van der Waals surface area contributed by atoms with Crippen LogP contribution in [-0.2, 0) is 16.4 Å². The summed E-state index contributed by atoms with van der Waals surface area (Å²) >= 11 is 9.61. The maximum absolute atomic E-state index is 13.0. The van der Waals surface area contributed by atoms with E-state index in [0.29, 0.717) is 15.4 Å². The highest BCUT2D eigenvalue weighted by atomic mass is 79.9. The Morgan fingerprint density at radius 1 is 1.29 bits per heavy atom. The number of aryl methyl sites for hydroxylation is 2. The predicted octanol–water partition coefficient (Wildman–Crippen LogP) is 4.51. The third kappa shape index (κ3) is 2.85. The molecule has 0 amide bonds. The molecule has 0 radical (unpaired) electrons. The number of aromatic nitrogens is 2. The minimum atomic E-state index is -3.94. The first-order valence-corrected chi connectivity index (χ1v) is 9.70. The van der Waals surface area contributed by atoms with Crippen LogP contribution < -0.4 is 0 Å². The monoisotopic (exact) mass is 430 g/mol. The van der Waals surface area contributed by atoms with E-state index >= 15 is 0 Å². The van der Waals surface area contributed by atoms with Crippen molar-refractivity contribution >= 4 is 48.6 Å². The SMILES string of the molecule is Cc1ccc(S(=O)(=O)n2c(Cl)c(CCF)c3cc(Br)cnc32)cc1. The molecule has 1 aromatic carbocycles. The number of hydrogen-bond donors (Lipinski definition) is 0. The molecule has 2 aromatic heterocycles. The summed E-state index contributed by atoms with van der Waals surface area (Å²) in [7, 11) is -3.94. The number of nitrogens with zero attached hydrogens (tertiary/aromatic N) is 2. The minimum absolute atomic E-state index is 0.0177. The van der Waals surface area contributed by atoms with Crippen molar-refractivity contribution in [3.63, 3.8) is 0 Å². The molecular weight excluding hydrogens is 419 g/mol. The maximum Gasteiger partial charge on any atom is 0.270 e. The molecule has 3 aromatic rings. The first-order valence-electron chi connectivity index (χ1n) is 7.09. The number of rotatable bonds is 4. The first kappa shape index (κ1) is 17.4. The molecule has 0 fully saturated rings. The number of fused-ring (bicyclic) bond motifs is 1. The molecule has 0 atom stereocenters. The summed E-state index contributed by atoms with van der Waals surface area (Å²) in [6, 6.07) is 8.14. The number of halogens is 3. The van der Waals surface area contributed by atoms with Crippen molar-refractivity contribution in [2.45, 2.75) is 18.2 Å². The molecule has 0 aliphatic carbocycles. The third-order valence-corrected chi connectivity index (χ3v) is 6.32. The number of hydrogen-bond acceptors (Lipinski definition) is 3. The van der Waals surface area contributed by atoms with Crippen LogP contribution in [0.5, 0.6) is 0 Å². The fourth-order valence-electron chi connectivity index (χ4n) is 2.51. The van der Waals surface area contributed by atoms with Crippen LogP contribution in [0.25, 0.3) is 11.0 Å². The zero-order valence-electron chi connectivity index (χ0n) is 12.6. The highest BCUT2D eigenvalue weighted by molar-refractivity contribution is 9.10. The highest BCUT2D eigenvalue weighted by Gasteiger charge is 2.27. The minimum Gasteiger partial charge on any atom is -0.251 e. The van der Waals surface area contributed by atoms with E-state index in [9.17, 15) is 12.8 Å². The van der Waals surface area contributed by atoms with Gasteiger partial charge in [0, 0.05) is 28.0 Å². The van der Waals surface area contributed by atoms with Gasteiger partial charge < -0.3 is 0 Å². The average Bonchev–Trinajstić information content (AvgIpc) is 2.81.